The Balaban J connectivity index is 1.39. The summed E-state index contributed by atoms with van der Waals surface area (Å²) >= 11 is 0. The number of aromatic nitrogens is 3. The molecule has 1 saturated heterocycles. The maximum Gasteiger partial charge on any atom is 0.319 e. The average Bonchev–Trinajstić information content (AvgIpc) is 2.81. The molecule has 0 bridgehead atoms. The zero-order chi connectivity index (χ0) is 23.4. The van der Waals surface area contributed by atoms with Crippen LogP contribution in [-0.4, -0.2) is 45.5 Å². The van der Waals surface area contributed by atoms with E-state index in [1.165, 1.54) is 6.92 Å². The maximum atomic E-state index is 13.1. The van der Waals surface area contributed by atoms with E-state index in [4.69, 9.17) is 0 Å². The first kappa shape index (κ1) is 22.2. The van der Waals surface area contributed by atoms with E-state index in [2.05, 4.69) is 27.2 Å². The van der Waals surface area contributed by atoms with Gasteiger partial charge in [-0.25, -0.2) is 14.8 Å². The molecule has 0 saturated carbocycles. The molecule has 1 aliphatic rings. The van der Waals surface area contributed by atoms with Gasteiger partial charge in [-0.15, -0.1) is 6.58 Å². The van der Waals surface area contributed by atoms with Gasteiger partial charge in [0.15, 0.2) is 17.2 Å². The van der Waals surface area contributed by atoms with Crippen LogP contribution in [0.1, 0.15) is 30.1 Å². The van der Waals surface area contributed by atoms with Crippen LogP contribution in [0.25, 0.3) is 11.2 Å². The second kappa shape index (κ2) is 9.64. The van der Waals surface area contributed by atoms with Crippen LogP contribution in [0.2, 0.25) is 0 Å². The third kappa shape index (κ3) is 4.92. The van der Waals surface area contributed by atoms with Gasteiger partial charge in [0.2, 0.25) is 0 Å². The molecule has 0 aliphatic carbocycles. The highest BCUT2D eigenvalue weighted by Gasteiger charge is 2.24. The average molecular weight is 447 g/mol. The summed E-state index contributed by atoms with van der Waals surface area (Å²) < 4.78 is 1.58. The van der Waals surface area contributed by atoms with Crippen LogP contribution in [0, 0.1) is 0 Å². The van der Waals surface area contributed by atoms with Gasteiger partial charge in [-0.05, 0) is 56.2 Å². The number of Topliss-reactive ketones (excluding diaryl/α,β-unsaturated/α-hetero) is 1. The summed E-state index contributed by atoms with van der Waals surface area (Å²) in [6, 6.07) is 10.1. The van der Waals surface area contributed by atoms with Crippen LogP contribution >= 0.6 is 0 Å². The number of ketones is 1. The quantitative estimate of drug-likeness (QED) is 0.445. The fraction of sp³-hybridized carbons (Fsp3) is 0.292. The minimum Gasteiger partial charge on any atom is -0.352 e. The number of carbonyl (C=O) groups excluding carboxylic acids is 2. The molecule has 0 radical (unpaired) electrons. The van der Waals surface area contributed by atoms with E-state index in [0.717, 1.165) is 0 Å². The van der Waals surface area contributed by atoms with Gasteiger partial charge in [-0.2, -0.15) is 0 Å². The van der Waals surface area contributed by atoms with E-state index in [1.807, 2.05) is 11.0 Å². The first-order valence-corrected chi connectivity index (χ1v) is 10.9. The number of allylic oxidation sites excluding steroid dienone is 1. The Morgan fingerprint density at radius 3 is 2.58 bits per heavy atom. The fourth-order valence-electron chi connectivity index (χ4n) is 3.94. The zero-order valence-corrected chi connectivity index (χ0v) is 18.5. The third-order valence-corrected chi connectivity index (χ3v) is 5.68. The van der Waals surface area contributed by atoms with E-state index in [9.17, 15) is 14.4 Å². The summed E-state index contributed by atoms with van der Waals surface area (Å²) in [5, 5.41) is 5.77. The minimum absolute atomic E-state index is 0.0183. The molecule has 2 N–H and O–H groups in total. The summed E-state index contributed by atoms with van der Waals surface area (Å²) in [6.07, 6.45) is 4.68. The number of benzene rings is 1. The number of urea groups is 1. The maximum absolute atomic E-state index is 13.1. The molecule has 170 valence electrons. The number of carbonyl (C=O) groups is 2. The van der Waals surface area contributed by atoms with Gasteiger partial charge in [-0.1, -0.05) is 6.08 Å². The van der Waals surface area contributed by atoms with Crippen molar-refractivity contribution in [1.29, 1.82) is 0 Å². The van der Waals surface area contributed by atoms with Gasteiger partial charge in [0.05, 0.1) is 0 Å². The van der Waals surface area contributed by atoms with Crippen molar-refractivity contribution in [2.75, 3.05) is 23.3 Å². The van der Waals surface area contributed by atoms with Crippen LogP contribution in [0.3, 0.4) is 0 Å². The lowest BCUT2D eigenvalue weighted by Gasteiger charge is -2.33. The largest absolute Gasteiger partial charge is 0.352 e. The summed E-state index contributed by atoms with van der Waals surface area (Å²) in [7, 11) is 0. The Morgan fingerprint density at radius 1 is 1.18 bits per heavy atom. The molecule has 0 unspecified atom stereocenters. The van der Waals surface area contributed by atoms with Gasteiger partial charge >= 0.3 is 6.03 Å². The standard InChI is InChI=1S/C24H26N6O3/c1-3-13-30-21-20(5-4-12-25-21)28-22(23(30)32)29-14-10-19(11-15-29)27-24(33)26-18-8-6-17(7-9-18)16(2)31/h3-9,12,19H,1,10-11,13-15H2,2H3,(H2,26,27,33). The van der Waals surface area contributed by atoms with Crippen molar-refractivity contribution in [3.63, 3.8) is 0 Å². The van der Waals surface area contributed by atoms with Crippen molar-refractivity contribution in [2.45, 2.75) is 32.4 Å². The van der Waals surface area contributed by atoms with Crippen LogP contribution < -0.4 is 21.1 Å². The van der Waals surface area contributed by atoms with Gasteiger partial charge < -0.3 is 15.5 Å². The lowest BCUT2D eigenvalue weighted by molar-refractivity contribution is 0.101. The van der Waals surface area contributed by atoms with Crippen LogP contribution in [0.5, 0.6) is 0 Å². The molecule has 2 amide bonds. The molecule has 33 heavy (non-hydrogen) atoms. The van der Waals surface area contributed by atoms with Crippen molar-refractivity contribution in [1.82, 2.24) is 19.9 Å². The second-order valence-corrected chi connectivity index (χ2v) is 7.98. The number of amides is 2. The van der Waals surface area contributed by atoms with Crippen molar-refractivity contribution in [3.05, 3.63) is 71.2 Å². The lowest BCUT2D eigenvalue weighted by atomic mass is 10.1. The number of hydrogen-bond donors (Lipinski definition) is 2. The molecule has 1 aliphatic heterocycles. The van der Waals surface area contributed by atoms with E-state index in [0.29, 0.717) is 60.7 Å². The first-order chi connectivity index (χ1) is 16.0. The number of hydrogen-bond acceptors (Lipinski definition) is 6. The van der Waals surface area contributed by atoms with E-state index >= 15 is 0 Å². The lowest BCUT2D eigenvalue weighted by Crippen LogP contribution is -2.47. The SMILES string of the molecule is C=CCn1c(=O)c(N2CCC(NC(=O)Nc3ccc(C(C)=O)cc3)CC2)nc2cccnc21. The van der Waals surface area contributed by atoms with Gasteiger partial charge in [0.1, 0.15) is 5.52 Å². The van der Waals surface area contributed by atoms with Crippen molar-refractivity contribution in [2.24, 2.45) is 0 Å². The molecule has 9 heteroatoms. The second-order valence-electron chi connectivity index (χ2n) is 7.98. The summed E-state index contributed by atoms with van der Waals surface area (Å²) in [6.45, 7) is 6.79. The van der Waals surface area contributed by atoms with Crippen molar-refractivity contribution in [3.8, 4) is 0 Å². The highest BCUT2D eigenvalue weighted by atomic mass is 16.2. The van der Waals surface area contributed by atoms with E-state index in [1.54, 1.807) is 47.2 Å². The molecule has 9 nitrogen and oxygen atoms in total. The number of pyridine rings is 1. The van der Waals surface area contributed by atoms with Gasteiger partial charge in [0.25, 0.3) is 5.56 Å². The van der Waals surface area contributed by atoms with Gasteiger partial charge in [0, 0.05) is 43.1 Å². The predicted molar refractivity (Wildman–Crippen MR) is 128 cm³/mol. The number of anilines is 2. The Labute approximate surface area is 191 Å². The normalized spacial score (nSPS) is 14.2. The molecule has 0 spiro atoms. The predicted octanol–water partition coefficient (Wildman–Crippen LogP) is 2.97. The summed E-state index contributed by atoms with van der Waals surface area (Å²) in [5.74, 6) is 0.372. The topological polar surface area (TPSA) is 109 Å². The number of nitrogens with zero attached hydrogens (tertiary/aromatic N) is 4. The molecule has 1 fully saturated rings. The molecular formula is C24H26N6O3. The monoisotopic (exact) mass is 446 g/mol. The molecule has 4 rings (SSSR count). The van der Waals surface area contributed by atoms with E-state index < -0.39 is 0 Å². The smallest absolute Gasteiger partial charge is 0.319 e. The first-order valence-electron chi connectivity index (χ1n) is 10.9. The summed E-state index contributed by atoms with van der Waals surface area (Å²) in [5.41, 5.74) is 2.21. The van der Waals surface area contributed by atoms with Crippen LogP contribution in [0.15, 0.2) is 60.0 Å². The van der Waals surface area contributed by atoms with Crippen molar-refractivity contribution >= 4 is 34.5 Å². The number of rotatable bonds is 6. The molecule has 1 aromatic carbocycles. The van der Waals surface area contributed by atoms with Crippen molar-refractivity contribution < 1.29 is 9.59 Å². The van der Waals surface area contributed by atoms with Crippen LogP contribution in [-0.2, 0) is 6.54 Å². The highest BCUT2D eigenvalue weighted by molar-refractivity contribution is 5.95. The third-order valence-electron chi connectivity index (χ3n) is 5.68. The van der Waals surface area contributed by atoms with Gasteiger partial charge in [-0.3, -0.25) is 14.2 Å². The Morgan fingerprint density at radius 2 is 1.91 bits per heavy atom. The molecule has 3 aromatic rings. The molecule has 2 aromatic heterocycles. The number of nitrogens with one attached hydrogen (secondary N) is 2. The van der Waals surface area contributed by atoms with Crippen LogP contribution in [0.4, 0.5) is 16.3 Å². The summed E-state index contributed by atoms with van der Waals surface area (Å²) in [4.78, 5) is 47.7. The van der Waals surface area contributed by atoms with E-state index in [-0.39, 0.29) is 23.4 Å². The Bertz CT molecular complexity index is 1240. The molecule has 0 atom stereocenters. The minimum atomic E-state index is -0.299. The fourth-order valence-corrected chi connectivity index (χ4v) is 3.94. The molecular weight excluding hydrogens is 420 g/mol. The highest BCUT2D eigenvalue weighted by Crippen LogP contribution is 2.18. The Kier molecular flexibility index (Phi) is 6.48. The molecule has 3 heterocycles. The number of piperidine rings is 1. The Hall–Kier alpha value is -4.01. The zero-order valence-electron chi connectivity index (χ0n) is 18.5. The number of fused-ring (bicyclic) bond motifs is 1.